The van der Waals surface area contributed by atoms with Gasteiger partial charge in [0.2, 0.25) is 5.95 Å². The maximum absolute atomic E-state index is 14.9. The van der Waals surface area contributed by atoms with E-state index in [1.165, 1.54) is 13.2 Å². The molecule has 9 nitrogen and oxygen atoms in total. The summed E-state index contributed by atoms with van der Waals surface area (Å²) >= 11 is 0. The fraction of sp³-hybridized carbons (Fsp3) is 0.320. The highest BCUT2D eigenvalue weighted by molar-refractivity contribution is 5.83. The third-order valence-corrected chi connectivity index (χ3v) is 6.18. The van der Waals surface area contributed by atoms with Gasteiger partial charge in [0.1, 0.15) is 22.9 Å². The second-order valence-corrected chi connectivity index (χ2v) is 8.91. The van der Waals surface area contributed by atoms with Crippen molar-refractivity contribution in [1.82, 2.24) is 29.4 Å². The van der Waals surface area contributed by atoms with Crippen LogP contribution in [0, 0.1) is 18.6 Å². The average molecular weight is 494 g/mol. The van der Waals surface area contributed by atoms with E-state index in [0.29, 0.717) is 36.7 Å². The lowest BCUT2D eigenvalue weighted by Crippen LogP contribution is -2.36. The van der Waals surface area contributed by atoms with Crippen molar-refractivity contribution in [2.45, 2.75) is 39.8 Å². The zero-order valence-corrected chi connectivity index (χ0v) is 20.3. The van der Waals surface area contributed by atoms with Crippen LogP contribution in [0.15, 0.2) is 30.5 Å². The lowest BCUT2D eigenvalue weighted by Gasteiger charge is -2.27. The first kappa shape index (κ1) is 23.6. The standard InChI is InChI=1S/C25H25F2N7O2/c1-13(2)34-14(3)29-23-17(26)9-16(10-20(23)34)22-18(27)11-28-24(32-22)31-21-6-5-15-12-33(25(35)36-4)8-7-19(15)30-21/h5-6,9-11,13H,7-8,12H2,1-4H3,(H,28,30,31,32). The number of nitrogens with zero attached hydrogens (tertiary/aromatic N) is 6. The molecule has 1 aliphatic rings. The first-order valence-corrected chi connectivity index (χ1v) is 11.5. The highest BCUT2D eigenvalue weighted by atomic mass is 19.1. The summed E-state index contributed by atoms with van der Waals surface area (Å²) in [4.78, 5) is 30.7. The molecule has 0 unspecified atom stereocenters. The molecule has 1 aliphatic heterocycles. The van der Waals surface area contributed by atoms with Gasteiger partial charge in [-0.15, -0.1) is 0 Å². The van der Waals surface area contributed by atoms with E-state index < -0.39 is 11.6 Å². The van der Waals surface area contributed by atoms with Crippen molar-refractivity contribution >= 4 is 28.9 Å². The maximum Gasteiger partial charge on any atom is 0.409 e. The number of aromatic nitrogens is 5. The van der Waals surface area contributed by atoms with Gasteiger partial charge in [-0.05, 0) is 44.5 Å². The van der Waals surface area contributed by atoms with Crippen molar-refractivity contribution in [3.8, 4) is 11.3 Å². The number of aryl methyl sites for hydroxylation is 1. The van der Waals surface area contributed by atoms with E-state index in [9.17, 15) is 13.6 Å². The van der Waals surface area contributed by atoms with Crippen LogP contribution >= 0.6 is 0 Å². The lowest BCUT2D eigenvalue weighted by molar-refractivity contribution is 0.118. The highest BCUT2D eigenvalue weighted by Crippen LogP contribution is 2.30. The number of pyridine rings is 1. The fourth-order valence-electron chi connectivity index (χ4n) is 4.57. The Labute approximate surface area is 206 Å². The Morgan fingerprint density at radius 3 is 2.69 bits per heavy atom. The summed E-state index contributed by atoms with van der Waals surface area (Å²) in [6, 6.07) is 6.58. The van der Waals surface area contributed by atoms with Crippen molar-refractivity contribution in [3.63, 3.8) is 0 Å². The van der Waals surface area contributed by atoms with Crippen LogP contribution < -0.4 is 5.32 Å². The molecule has 0 bridgehead atoms. The summed E-state index contributed by atoms with van der Waals surface area (Å²) in [5.41, 5.74) is 2.82. The van der Waals surface area contributed by atoms with Crippen LogP contribution in [0.25, 0.3) is 22.3 Å². The van der Waals surface area contributed by atoms with Crippen LogP contribution in [0.1, 0.15) is 37.0 Å². The highest BCUT2D eigenvalue weighted by Gasteiger charge is 2.23. The Morgan fingerprint density at radius 1 is 1.14 bits per heavy atom. The van der Waals surface area contributed by atoms with Crippen LogP contribution in [0.5, 0.6) is 0 Å². The fourth-order valence-corrected chi connectivity index (χ4v) is 4.57. The van der Waals surface area contributed by atoms with E-state index in [2.05, 4.69) is 25.3 Å². The third-order valence-electron chi connectivity index (χ3n) is 6.18. The number of hydrogen-bond donors (Lipinski definition) is 1. The molecule has 0 atom stereocenters. The average Bonchev–Trinajstić information content (AvgIpc) is 3.21. The van der Waals surface area contributed by atoms with Crippen LogP contribution in [-0.2, 0) is 17.7 Å². The number of benzene rings is 1. The Hall–Kier alpha value is -4.15. The van der Waals surface area contributed by atoms with E-state index >= 15 is 0 Å². The van der Waals surface area contributed by atoms with Crippen molar-refractivity contribution in [2.24, 2.45) is 0 Å². The molecule has 4 heterocycles. The number of fused-ring (bicyclic) bond motifs is 2. The first-order chi connectivity index (χ1) is 17.2. The van der Waals surface area contributed by atoms with Crippen molar-refractivity contribution in [2.75, 3.05) is 19.0 Å². The summed E-state index contributed by atoms with van der Waals surface area (Å²) in [5.74, 6) is 0.0606. The Bertz CT molecular complexity index is 1490. The molecule has 0 saturated heterocycles. The van der Waals surface area contributed by atoms with E-state index in [-0.39, 0.29) is 34.9 Å². The van der Waals surface area contributed by atoms with Gasteiger partial charge >= 0.3 is 6.09 Å². The Morgan fingerprint density at radius 2 is 1.94 bits per heavy atom. The van der Waals surface area contributed by atoms with Crippen molar-refractivity contribution in [1.29, 1.82) is 0 Å². The van der Waals surface area contributed by atoms with Crippen LogP contribution in [0.4, 0.5) is 25.3 Å². The van der Waals surface area contributed by atoms with E-state index in [1.807, 2.05) is 31.4 Å². The number of ether oxygens (including phenoxy) is 1. The molecule has 0 fully saturated rings. The van der Waals surface area contributed by atoms with Crippen molar-refractivity contribution < 1.29 is 18.3 Å². The summed E-state index contributed by atoms with van der Waals surface area (Å²) < 4.78 is 36.4. The molecule has 0 spiro atoms. The summed E-state index contributed by atoms with van der Waals surface area (Å²) in [6.07, 6.45) is 1.23. The van der Waals surface area contributed by atoms with Gasteiger partial charge in [0, 0.05) is 30.3 Å². The molecule has 186 valence electrons. The van der Waals surface area contributed by atoms with Gasteiger partial charge in [-0.2, -0.15) is 0 Å². The van der Waals surface area contributed by atoms with Crippen LogP contribution in [-0.4, -0.2) is 49.2 Å². The van der Waals surface area contributed by atoms with Gasteiger partial charge in [-0.3, -0.25) is 0 Å². The largest absolute Gasteiger partial charge is 0.453 e. The summed E-state index contributed by atoms with van der Waals surface area (Å²) in [5, 5.41) is 3.01. The smallest absolute Gasteiger partial charge is 0.409 e. The van der Waals surface area contributed by atoms with E-state index in [1.54, 1.807) is 17.0 Å². The third kappa shape index (κ3) is 4.21. The molecule has 0 radical (unpaired) electrons. The van der Waals surface area contributed by atoms with Crippen LogP contribution in [0.3, 0.4) is 0 Å². The molecular formula is C25H25F2N7O2. The SMILES string of the molecule is COC(=O)N1CCc2nc(Nc3ncc(F)c(-c4cc(F)c5nc(C)n(C(C)C)c5c4)n3)ccc2C1. The minimum atomic E-state index is -0.673. The zero-order chi connectivity index (χ0) is 25.6. The van der Waals surface area contributed by atoms with Gasteiger partial charge in [0.15, 0.2) is 11.6 Å². The maximum atomic E-state index is 14.9. The first-order valence-electron chi connectivity index (χ1n) is 11.5. The summed E-state index contributed by atoms with van der Waals surface area (Å²) in [7, 11) is 1.35. The number of carbonyl (C=O) groups is 1. The number of imidazole rings is 1. The zero-order valence-electron chi connectivity index (χ0n) is 20.3. The van der Waals surface area contributed by atoms with Gasteiger partial charge in [0.25, 0.3) is 0 Å². The second-order valence-electron chi connectivity index (χ2n) is 8.91. The van der Waals surface area contributed by atoms with Gasteiger partial charge < -0.3 is 19.5 Å². The molecule has 0 saturated carbocycles. The molecule has 3 aromatic heterocycles. The van der Waals surface area contributed by atoms with E-state index in [4.69, 9.17) is 4.74 Å². The van der Waals surface area contributed by atoms with Crippen LogP contribution in [0.2, 0.25) is 0 Å². The lowest BCUT2D eigenvalue weighted by atomic mass is 10.1. The number of nitrogens with one attached hydrogen (secondary N) is 1. The minimum Gasteiger partial charge on any atom is -0.453 e. The normalized spacial score (nSPS) is 13.2. The molecule has 0 aliphatic carbocycles. The Balaban J connectivity index is 1.46. The number of methoxy groups -OCH3 is 1. The topological polar surface area (TPSA) is 98.1 Å². The number of hydrogen-bond acceptors (Lipinski definition) is 7. The molecule has 4 aromatic rings. The van der Waals surface area contributed by atoms with Gasteiger partial charge in [-0.1, -0.05) is 6.07 Å². The number of carbonyl (C=O) groups excluding carboxylic acids is 1. The molecule has 36 heavy (non-hydrogen) atoms. The number of anilines is 2. The molecule has 1 N–H and O–H groups in total. The molecule has 1 amide bonds. The molecular weight excluding hydrogens is 468 g/mol. The molecule has 5 rings (SSSR count). The number of amides is 1. The summed E-state index contributed by atoms with van der Waals surface area (Å²) in [6.45, 7) is 6.67. The Kier molecular flexibility index (Phi) is 5.99. The number of rotatable bonds is 4. The predicted octanol–water partition coefficient (Wildman–Crippen LogP) is 4.92. The van der Waals surface area contributed by atoms with Gasteiger partial charge in [-0.25, -0.2) is 33.5 Å². The second kappa shape index (κ2) is 9.14. The molecule has 1 aromatic carbocycles. The minimum absolute atomic E-state index is 0.0332. The van der Waals surface area contributed by atoms with E-state index in [0.717, 1.165) is 17.5 Å². The quantitative estimate of drug-likeness (QED) is 0.431. The van der Waals surface area contributed by atoms with Crippen molar-refractivity contribution in [3.05, 3.63) is 59.2 Å². The van der Waals surface area contributed by atoms with Gasteiger partial charge in [0.05, 0.1) is 25.4 Å². The number of halogens is 2. The predicted molar refractivity (Wildman–Crippen MR) is 130 cm³/mol. The monoisotopic (exact) mass is 493 g/mol. The molecule has 11 heteroatoms.